The molecular formula is C2H8Na2O6S. The second kappa shape index (κ2) is 200. The summed E-state index contributed by atoms with van der Waals surface area (Å²) in [4.78, 5) is 16.0. The van der Waals surface area contributed by atoms with E-state index in [0.29, 0.717) is 0 Å². The summed E-state index contributed by atoms with van der Waals surface area (Å²) < 4.78 is 16.6. The van der Waals surface area contributed by atoms with E-state index in [-0.39, 0.29) is 70.1 Å². The number of hydrogen-bond donors (Lipinski definition) is 0. The normalized spacial score (nSPS) is 2.36. The van der Waals surface area contributed by atoms with Crippen LogP contribution in [0.1, 0.15) is 0 Å². The molecule has 0 aromatic rings. The van der Waals surface area contributed by atoms with E-state index in [2.05, 4.69) is 0 Å². The number of hydrogen-bond acceptors (Lipinski definition) is 5. The van der Waals surface area contributed by atoms with E-state index in [9.17, 15) is 0 Å². The molecule has 0 amide bonds. The van der Waals surface area contributed by atoms with E-state index in [0.717, 1.165) is 0 Å². The predicted molar refractivity (Wildman–Crippen MR) is 30.6 cm³/mol. The maximum atomic E-state index is 8.29. The predicted octanol–water partition coefficient (Wildman–Crippen LogP) is -8.03. The minimum Gasteiger partial charge on any atom is -0.811 e. The van der Waals surface area contributed by atoms with Crippen molar-refractivity contribution in [1.82, 2.24) is 0 Å². The molecule has 0 unspecified atom stereocenters. The number of carbonyl (C=O) groups excluding carboxylic acids is 2. The molecular weight excluding hydrogens is 198 g/mol. The zero-order chi connectivity index (χ0) is 6.71. The molecule has 0 aliphatic rings. The zero-order valence-corrected chi connectivity index (χ0v) is 11.3. The monoisotopic (exact) mass is 206 g/mol. The van der Waals surface area contributed by atoms with Gasteiger partial charge in [-0.3, -0.25) is 0 Å². The van der Waals surface area contributed by atoms with Crippen molar-refractivity contribution in [3.63, 3.8) is 0 Å². The third-order valence-electron chi connectivity index (χ3n) is 0. The van der Waals surface area contributed by atoms with Crippen molar-refractivity contribution in [2.75, 3.05) is 0 Å². The smallest absolute Gasteiger partial charge is 0.811 e. The molecule has 0 aliphatic heterocycles. The Kier molecular flexibility index (Phi) is 989. The standard InChI is InChI=1S/2CH2O.2Na.H2O2S.2H2O/c2*1-2;;;1-3-2;;/h2*1H2;;;1-2H;2*1H2/q;;2*+1;;;/p-2. The summed E-state index contributed by atoms with van der Waals surface area (Å²) in [7, 11) is 0. The van der Waals surface area contributed by atoms with Gasteiger partial charge in [0.05, 0.1) is 0 Å². The molecule has 0 atom stereocenters. The van der Waals surface area contributed by atoms with Crippen molar-refractivity contribution < 1.29 is 88.8 Å². The Morgan fingerprint density at radius 1 is 0.818 bits per heavy atom. The molecule has 11 heavy (non-hydrogen) atoms. The van der Waals surface area contributed by atoms with Crippen LogP contribution in [0.4, 0.5) is 0 Å². The van der Waals surface area contributed by atoms with Crippen LogP contribution < -0.4 is 59.1 Å². The molecule has 0 saturated carbocycles. The first kappa shape index (κ1) is 54.5. The van der Waals surface area contributed by atoms with Crippen molar-refractivity contribution in [2.24, 2.45) is 0 Å². The van der Waals surface area contributed by atoms with Crippen molar-refractivity contribution in [3.05, 3.63) is 0 Å². The van der Waals surface area contributed by atoms with E-state index < -0.39 is 12.3 Å². The van der Waals surface area contributed by atoms with Gasteiger partial charge in [0.2, 0.25) is 0 Å². The maximum absolute atomic E-state index is 8.29. The summed E-state index contributed by atoms with van der Waals surface area (Å²) in [6.45, 7) is 4.00. The van der Waals surface area contributed by atoms with E-state index >= 15 is 0 Å². The molecule has 0 saturated heterocycles. The fraction of sp³-hybridized carbons (Fsp3) is 0. The van der Waals surface area contributed by atoms with Crippen molar-refractivity contribution >= 4 is 25.9 Å². The fourth-order valence-corrected chi connectivity index (χ4v) is 0. The SMILES string of the molecule is C=O.C=O.O.O.[Na+].[Na+].[O-]S[O-]. The van der Waals surface area contributed by atoms with Crippen molar-refractivity contribution in [2.45, 2.75) is 0 Å². The van der Waals surface area contributed by atoms with Gasteiger partial charge in [0.25, 0.3) is 0 Å². The molecule has 60 valence electrons. The van der Waals surface area contributed by atoms with Crippen LogP contribution in [0.2, 0.25) is 0 Å². The third kappa shape index (κ3) is 447. The molecule has 0 heterocycles. The zero-order valence-electron chi connectivity index (χ0n) is 6.46. The Hall–Kier alpha value is 1.53. The average Bonchev–Trinajstić information content (AvgIpc) is 1.78. The van der Waals surface area contributed by atoms with Crippen LogP contribution in [0.25, 0.3) is 0 Å². The van der Waals surface area contributed by atoms with Crippen LogP contribution in [0.15, 0.2) is 0 Å². The average molecular weight is 206 g/mol. The molecule has 0 radical (unpaired) electrons. The first-order valence-corrected chi connectivity index (χ1v) is 1.58. The van der Waals surface area contributed by atoms with E-state index in [1.54, 1.807) is 0 Å². The summed E-state index contributed by atoms with van der Waals surface area (Å²) >= 11 is -0.750. The Morgan fingerprint density at radius 2 is 0.818 bits per heavy atom. The fourth-order valence-electron chi connectivity index (χ4n) is 0. The van der Waals surface area contributed by atoms with E-state index in [4.69, 9.17) is 18.7 Å². The van der Waals surface area contributed by atoms with Gasteiger partial charge < -0.3 is 42.0 Å². The second-order valence-corrected chi connectivity index (χ2v) is 0.204. The molecule has 0 aromatic carbocycles. The first-order valence-electron chi connectivity index (χ1n) is 0.911. The van der Waals surface area contributed by atoms with E-state index in [1.165, 1.54) is 0 Å². The third-order valence-corrected chi connectivity index (χ3v) is 0. The molecule has 6 nitrogen and oxygen atoms in total. The van der Waals surface area contributed by atoms with Crippen molar-refractivity contribution in [1.29, 1.82) is 0 Å². The van der Waals surface area contributed by atoms with Gasteiger partial charge in [0.1, 0.15) is 13.6 Å². The molecule has 0 spiro atoms. The summed E-state index contributed by atoms with van der Waals surface area (Å²) in [5.74, 6) is 0. The van der Waals surface area contributed by atoms with Gasteiger partial charge in [0.15, 0.2) is 0 Å². The van der Waals surface area contributed by atoms with Gasteiger partial charge in [-0.15, -0.1) is 0 Å². The minimum atomic E-state index is -0.750. The van der Waals surface area contributed by atoms with Gasteiger partial charge >= 0.3 is 59.1 Å². The first-order chi connectivity index (χ1) is 3.41. The van der Waals surface area contributed by atoms with Gasteiger partial charge in [-0.1, -0.05) is 0 Å². The molecule has 4 N–H and O–H groups in total. The van der Waals surface area contributed by atoms with Crippen molar-refractivity contribution in [3.8, 4) is 0 Å². The Balaban J connectivity index is -0.00000000378. The van der Waals surface area contributed by atoms with Crippen LogP contribution in [-0.2, 0) is 9.59 Å². The van der Waals surface area contributed by atoms with Crippen LogP contribution >= 0.6 is 12.3 Å². The topological polar surface area (TPSA) is 143 Å². The molecule has 0 aliphatic carbocycles. The van der Waals surface area contributed by atoms with Gasteiger partial charge in [-0.2, -0.15) is 0 Å². The maximum Gasteiger partial charge on any atom is 1.00 e. The summed E-state index contributed by atoms with van der Waals surface area (Å²) in [6, 6.07) is 0. The molecule has 0 aromatic heterocycles. The van der Waals surface area contributed by atoms with Gasteiger partial charge in [-0.05, 0) is 0 Å². The summed E-state index contributed by atoms with van der Waals surface area (Å²) in [6.07, 6.45) is 0. The summed E-state index contributed by atoms with van der Waals surface area (Å²) in [5, 5.41) is 0. The number of rotatable bonds is 0. The van der Waals surface area contributed by atoms with Crippen LogP contribution in [0.5, 0.6) is 0 Å². The summed E-state index contributed by atoms with van der Waals surface area (Å²) in [5.41, 5.74) is 0. The molecule has 0 fully saturated rings. The van der Waals surface area contributed by atoms with Crippen LogP contribution in [0.3, 0.4) is 0 Å². The number of carbonyl (C=O) groups is 2. The quantitative estimate of drug-likeness (QED) is 0.285. The van der Waals surface area contributed by atoms with E-state index in [1.807, 2.05) is 13.6 Å². The van der Waals surface area contributed by atoms with Crippen LogP contribution in [0, 0.1) is 0 Å². The largest absolute Gasteiger partial charge is 1.00 e. The Bertz CT molecular complexity index is 26.1. The molecule has 0 rings (SSSR count). The Labute approximate surface area is 113 Å². The second-order valence-electron chi connectivity index (χ2n) is 0.0680. The minimum absolute atomic E-state index is 0. The van der Waals surface area contributed by atoms with Crippen LogP contribution in [-0.4, -0.2) is 33.6 Å². The Morgan fingerprint density at radius 3 is 0.818 bits per heavy atom. The van der Waals surface area contributed by atoms with Gasteiger partial charge in [-0.25, -0.2) is 0 Å². The molecule has 9 heteroatoms. The molecule has 0 bridgehead atoms. The van der Waals surface area contributed by atoms with Gasteiger partial charge in [0, 0.05) is 0 Å².